The second-order valence-electron chi connectivity index (χ2n) is 3.73. The van der Waals surface area contributed by atoms with Gasteiger partial charge in [-0.1, -0.05) is 28.4 Å². The molecule has 0 aliphatic carbocycles. The molecule has 0 atom stereocenters. The predicted molar refractivity (Wildman–Crippen MR) is 71.8 cm³/mol. The van der Waals surface area contributed by atoms with Crippen molar-refractivity contribution in [2.45, 2.75) is 6.92 Å². The Bertz CT molecular complexity index is 598. The van der Waals surface area contributed by atoms with Crippen molar-refractivity contribution in [1.29, 1.82) is 0 Å². The Morgan fingerprint density at radius 2 is 2.21 bits per heavy atom. The van der Waals surface area contributed by atoms with Crippen LogP contribution in [0.4, 0.5) is 5.82 Å². The van der Waals surface area contributed by atoms with E-state index < -0.39 is 0 Å². The number of aryl methyl sites for hydroxylation is 1. The maximum absolute atomic E-state index is 11.6. The second kappa shape index (κ2) is 5.95. The molecule has 7 heteroatoms. The maximum atomic E-state index is 11.6. The quantitative estimate of drug-likeness (QED) is 0.941. The number of hydrogen-bond acceptors (Lipinski definition) is 4. The van der Waals surface area contributed by atoms with Crippen LogP contribution in [0.2, 0.25) is 10.0 Å². The molecule has 0 saturated carbocycles. The van der Waals surface area contributed by atoms with Crippen LogP contribution in [0.3, 0.4) is 0 Å². The van der Waals surface area contributed by atoms with Gasteiger partial charge in [0.2, 0.25) is 0 Å². The Labute approximate surface area is 119 Å². The number of carbonyl (C=O) groups excluding carboxylic acids is 1. The molecule has 1 N–H and O–H groups in total. The summed E-state index contributed by atoms with van der Waals surface area (Å²) in [5.74, 6) is 0.919. The lowest BCUT2D eigenvalue weighted by Crippen LogP contribution is -2.20. The molecule has 0 aliphatic rings. The summed E-state index contributed by atoms with van der Waals surface area (Å²) in [6.45, 7) is 1.52. The summed E-state index contributed by atoms with van der Waals surface area (Å²) in [6.07, 6.45) is 0. The third-order valence-corrected chi connectivity index (χ3v) is 2.69. The van der Waals surface area contributed by atoms with Crippen molar-refractivity contribution in [1.82, 2.24) is 5.16 Å². The lowest BCUT2D eigenvalue weighted by Gasteiger charge is -2.07. The first-order valence-electron chi connectivity index (χ1n) is 5.35. The molecule has 0 aliphatic heterocycles. The number of aromatic nitrogens is 1. The third kappa shape index (κ3) is 3.87. The summed E-state index contributed by atoms with van der Waals surface area (Å²) < 4.78 is 10.1. The zero-order chi connectivity index (χ0) is 13.8. The SMILES string of the molecule is Cc1cc(NC(=O)COc2cc(Cl)ccc2Cl)no1. The summed E-state index contributed by atoms with van der Waals surface area (Å²) in [5, 5.41) is 7.02. The number of nitrogens with zero attached hydrogens (tertiary/aromatic N) is 1. The summed E-state index contributed by atoms with van der Waals surface area (Å²) in [4.78, 5) is 11.6. The van der Waals surface area contributed by atoms with E-state index in [1.165, 1.54) is 6.07 Å². The van der Waals surface area contributed by atoms with E-state index in [-0.39, 0.29) is 12.5 Å². The van der Waals surface area contributed by atoms with E-state index in [1.54, 1.807) is 25.1 Å². The fraction of sp³-hybridized carbons (Fsp3) is 0.167. The van der Waals surface area contributed by atoms with Gasteiger partial charge in [-0.3, -0.25) is 4.79 Å². The third-order valence-electron chi connectivity index (χ3n) is 2.15. The molecule has 0 fully saturated rings. The number of ether oxygens (including phenoxy) is 1. The summed E-state index contributed by atoms with van der Waals surface area (Å²) in [7, 11) is 0. The van der Waals surface area contributed by atoms with E-state index in [2.05, 4.69) is 10.5 Å². The molecule has 2 rings (SSSR count). The number of benzene rings is 1. The van der Waals surface area contributed by atoms with Crippen molar-refractivity contribution in [3.05, 3.63) is 40.1 Å². The molecule has 1 heterocycles. The lowest BCUT2D eigenvalue weighted by atomic mass is 10.3. The molecule has 2 aromatic rings. The Morgan fingerprint density at radius 1 is 1.42 bits per heavy atom. The van der Waals surface area contributed by atoms with Crippen molar-refractivity contribution < 1.29 is 14.1 Å². The van der Waals surface area contributed by atoms with E-state index in [4.69, 9.17) is 32.5 Å². The van der Waals surface area contributed by atoms with Gasteiger partial charge in [-0.05, 0) is 19.1 Å². The van der Waals surface area contributed by atoms with Gasteiger partial charge in [0, 0.05) is 17.2 Å². The number of rotatable bonds is 4. The smallest absolute Gasteiger partial charge is 0.263 e. The van der Waals surface area contributed by atoms with Gasteiger partial charge in [0.15, 0.2) is 12.4 Å². The van der Waals surface area contributed by atoms with E-state index in [0.29, 0.717) is 27.4 Å². The number of nitrogens with one attached hydrogen (secondary N) is 1. The van der Waals surface area contributed by atoms with Gasteiger partial charge in [-0.15, -0.1) is 0 Å². The molecular weight excluding hydrogens is 291 g/mol. The lowest BCUT2D eigenvalue weighted by molar-refractivity contribution is -0.118. The zero-order valence-corrected chi connectivity index (χ0v) is 11.5. The topological polar surface area (TPSA) is 64.4 Å². The molecule has 0 spiro atoms. The van der Waals surface area contributed by atoms with Crippen molar-refractivity contribution in [2.75, 3.05) is 11.9 Å². The van der Waals surface area contributed by atoms with Crippen LogP contribution in [-0.4, -0.2) is 17.7 Å². The van der Waals surface area contributed by atoms with Gasteiger partial charge in [-0.25, -0.2) is 0 Å². The van der Waals surface area contributed by atoms with Crippen molar-refractivity contribution in [3.8, 4) is 5.75 Å². The van der Waals surface area contributed by atoms with Gasteiger partial charge < -0.3 is 14.6 Å². The first-order chi connectivity index (χ1) is 9.04. The Kier molecular flexibility index (Phi) is 4.29. The maximum Gasteiger partial charge on any atom is 0.263 e. The predicted octanol–water partition coefficient (Wildman–Crippen LogP) is 3.31. The Morgan fingerprint density at radius 3 is 2.89 bits per heavy atom. The van der Waals surface area contributed by atoms with Crippen molar-refractivity contribution >= 4 is 34.9 Å². The molecule has 1 aromatic carbocycles. The van der Waals surface area contributed by atoms with Crippen molar-refractivity contribution in [2.24, 2.45) is 0 Å². The van der Waals surface area contributed by atoms with Crippen LogP contribution < -0.4 is 10.1 Å². The normalized spacial score (nSPS) is 10.3. The highest BCUT2D eigenvalue weighted by Crippen LogP contribution is 2.27. The fourth-order valence-electron chi connectivity index (χ4n) is 1.34. The zero-order valence-electron chi connectivity index (χ0n) is 9.94. The molecule has 100 valence electrons. The number of hydrogen-bond donors (Lipinski definition) is 1. The van der Waals surface area contributed by atoms with Crippen LogP contribution in [0.25, 0.3) is 0 Å². The summed E-state index contributed by atoms with van der Waals surface area (Å²) in [6, 6.07) is 6.37. The highest BCUT2D eigenvalue weighted by molar-refractivity contribution is 6.34. The molecule has 0 unspecified atom stereocenters. The van der Waals surface area contributed by atoms with Gasteiger partial charge in [0.25, 0.3) is 5.91 Å². The molecule has 1 amide bonds. The second-order valence-corrected chi connectivity index (χ2v) is 4.58. The number of carbonyl (C=O) groups is 1. The highest BCUT2D eigenvalue weighted by atomic mass is 35.5. The summed E-state index contributed by atoms with van der Waals surface area (Å²) >= 11 is 11.7. The Hall–Kier alpha value is -1.72. The van der Waals surface area contributed by atoms with Gasteiger partial charge in [0.05, 0.1) is 5.02 Å². The molecule has 5 nitrogen and oxygen atoms in total. The van der Waals surface area contributed by atoms with Crippen LogP contribution in [0.15, 0.2) is 28.8 Å². The number of anilines is 1. The standard InChI is InChI=1S/C12H10Cl2N2O3/c1-7-4-11(16-19-7)15-12(17)6-18-10-5-8(13)2-3-9(10)14/h2-5H,6H2,1H3,(H,15,16,17). The Balaban J connectivity index is 1.91. The average Bonchev–Trinajstić information content (AvgIpc) is 2.76. The molecule has 1 aromatic heterocycles. The number of amides is 1. The molecule has 19 heavy (non-hydrogen) atoms. The van der Waals surface area contributed by atoms with Gasteiger partial charge in [0.1, 0.15) is 11.5 Å². The monoisotopic (exact) mass is 300 g/mol. The van der Waals surface area contributed by atoms with Crippen LogP contribution in [-0.2, 0) is 4.79 Å². The molecule has 0 radical (unpaired) electrons. The fourth-order valence-corrected chi connectivity index (χ4v) is 1.67. The average molecular weight is 301 g/mol. The molecule has 0 bridgehead atoms. The molecule has 0 saturated heterocycles. The summed E-state index contributed by atoms with van der Waals surface area (Å²) in [5.41, 5.74) is 0. The minimum atomic E-state index is -0.371. The minimum Gasteiger partial charge on any atom is -0.482 e. The van der Waals surface area contributed by atoms with Crippen LogP contribution in [0, 0.1) is 6.92 Å². The molecular formula is C12H10Cl2N2O3. The van der Waals surface area contributed by atoms with Crippen LogP contribution >= 0.6 is 23.2 Å². The van der Waals surface area contributed by atoms with E-state index >= 15 is 0 Å². The van der Waals surface area contributed by atoms with Gasteiger partial charge in [-0.2, -0.15) is 0 Å². The van der Waals surface area contributed by atoms with Crippen molar-refractivity contribution in [3.63, 3.8) is 0 Å². The first-order valence-corrected chi connectivity index (χ1v) is 6.11. The van der Waals surface area contributed by atoms with E-state index in [1.807, 2.05) is 0 Å². The van der Waals surface area contributed by atoms with E-state index in [0.717, 1.165) is 0 Å². The van der Waals surface area contributed by atoms with E-state index in [9.17, 15) is 4.79 Å². The number of halogens is 2. The minimum absolute atomic E-state index is 0.202. The largest absolute Gasteiger partial charge is 0.482 e. The van der Waals surface area contributed by atoms with Gasteiger partial charge >= 0.3 is 0 Å². The highest BCUT2D eigenvalue weighted by Gasteiger charge is 2.09. The van der Waals surface area contributed by atoms with Crippen LogP contribution in [0.1, 0.15) is 5.76 Å². The first kappa shape index (κ1) is 13.7. The van der Waals surface area contributed by atoms with Crippen LogP contribution in [0.5, 0.6) is 5.75 Å².